The first-order chi connectivity index (χ1) is 7.84. The molecule has 3 heterocycles. The van der Waals surface area contributed by atoms with Crippen LogP contribution in [-0.2, 0) is 0 Å². The third kappa shape index (κ3) is 1.66. The second-order valence-corrected chi connectivity index (χ2v) is 5.05. The van der Waals surface area contributed by atoms with E-state index in [0.29, 0.717) is 6.04 Å². The van der Waals surface area contributed by atoms with Crippen molar-refractivity contribution in [2.75, 3.05) is 24.5 Å². The Bertz CT molecular complexity index is 495. The van der Waals surface area contributed by atoms with E-state index in [1.54, 1.807) is 17.7 Å². The molecule has 0 radical (unpaired) electrons. The van der Waals surface area contributed by atoms with Crippen LogP contribution in [0.5, 0.6) is 0 Å². The van der Waals surface area contributed by atoms with Crippen LogP contribution in [0.1, 0.15) is 6.92 Å². The Kier molecular flexibility index (Phi) is 2.49. The molecule has 1 aliphatic rings. The molecule has 84 valence electrons. The molecule has 1 N–H and O–H groups in total. The molecule has 2 aromatic rings. The van der Waals surface area contributed by atoms with Gasteiger partial charge in [0.1, 0.15) is 12.1 Å². The number of rotatable bonds is 1. The summed E-state index contributed by atoms with van der Waals surface area (Å²) >= 11 is 1.72. The van der Waals surface area contributed by atoms with Gasteiger partial charge in [-0.3, -0.25) is 0 Å². The molecular weight excluding hydrogens is 220 g/mol. The minimum absolute atomic E-state index is 0.527. The number of thiophene rings is 1. The Hall–Kier alpha value is -1.20. The molecular formula is C11H14N4S. The van der Waals surface area contributed by atoms with E-state index in [4.69, 9.17) is 0 Å². The molecule has 1 atom stereocenters. The molecule has 0 amide bonds. The Morgan fingerprint density at radius 2 is 2.44 bits per heavy atom. The summed E-state index contributed by atoms with van der Waals surface area (Å²) in [5.74, 6) is 1.09. The van der Waals surface area contributed by atoms with E-state index in [1.807, 2.05) is 0 Å². The van der Waals surface area contributed by atoms with Gasteiger partial charge in [-0.1, -0.05) is 0 Å². The van der Waals surface area contributed by atoms with Crippen molar-refractivity contribution in [3.05, 3.63) is 17.8 Å². The predicted octanol–water partition coefficient (Wildman–Crippen LogP) is 1.49. The van der Waals surface area contributed by atoms with Crippen LogP contribution in [0.4, 0.5) is 5.82 Å². The highest BCUT2D eigenvalue weighted by atomic mass is 32.1. The van der Waals surface area contributed by atoms with E-state index >= 15 is 0 Å². The molecule has 2 aromatic heterocycles. The van der Waals surface area contributed by atoms with Crippen molar-refractivity contribution < 1.29 is 0 Å². The SMILES string of the molecule is C[C@H]1CN(c2ncnc3ccsc23)CCN1. The summed E-state index contributed by atoms with van der Waals surface area (Å²) in [6.45, 7) is 5.27. The van der Waals surface area contributed by atoms with Crippen LogP contribution in [0.2, 0.25) is 0 Å². The summed E-state index contributed by atoms with van der Waals surface area (Å²) in [6.07, 6.45) is 1.66. The van der Waals surface area contributed by atoms with Crippen LogP contribution in [0.3, 0.4) is 0 Å². The molecule has 0 unspecified atom stereocenters. The van der Waals surface area contributed by atoms with Gasteiger partial charge >= 0.3 is 0 Å². The van der Waals surface area contributed by atoms with Crippen LogP contribution >= 0.6 is 11.3 Å². The van der Waals surface area contributed by atoms with Crippen LogP contribution < -0.4 is 10.2 Å². The number of nitrogens with zero attached hydrogens (tertiary/aromatic N) is 3. The maximum atomic E-state index is 4.43. The monoisotopic (exact) mass is 234 g/mol. The average Bonchev–Trinajstić information content (AvgIpc) is 2.76. The number of fused-ring (bicyclic) bond motifs is 1. The highest BCUT2D eigenvalue weighted by Crippen LogP contribution is 2.28. The van der Waals surface area contributed by atoms with Gasteiger partial charge in [0.05, 0.1) is 10.2 Å². The van der Waals surface area contributed by atoms with Crippen molar-refractivity contribution >= 4 is 27.4 Å². The number of piperazine rings is 1. The third-order valence-corrected chi connectivity index (χ3v) is 3.79. The zero-order valence-electron chi connectivity index (χ0n) is 9.18. The van der Waals surface area contributed by atoms with Crippen molar-refractivity contribution in [3.63, 3.8) is 0 Å². The molecule has 1 aliphatic heterocycles. The zero-order valence-corrected chi connectivity index (χ0v) is 10.00. The molecule has 0 aromatic carbocycles. The standard InChI is InChI=1S/C11H14N4S/c1-8-6-15(4-3-12-8)11-10-9(2-5-16-10)13-7-14-11/h2,5,7-8,12H,3-4,6H2,1H3/t8-/m0/s1. The van der Waals surface area contributed by atoms with Crippen LogP contribution in [0, 0.1) is 0 Å². The van der Waals surface area contributed by atoms with Gasteiger partial charge < -0.3 is 10.2 Å². The van der Waals surface area contributed by atoms with Crippen LogP contribution in [0.25, 0.3) is 10.2 Å². The van der Waals surface area contributed by atoms with Gasteiger partial charge in [0.25, 0.3) is 0 Å². The van der Waals surface area contributed by atoms with Gasteiger partial charge in [0, 0.05) is 25.7 Å². The van der Waals surface area contributed by atoms with Crippen molar-refractivity contribution in [3.8, 4) is 0 Å². The van der Waals surface area contributed by atoms with Gasteiger partial charge in [-0.15, -0.1) is 11.3 Å². The van der Waals surface area contributed by atoms with E-state index in [-0.39, 0.29) is 0 Å². The maximum Gasteiger partial charge on any atom is 0.150 e. The summed E-state index contributed by atoms with van der Waals surface area (Å²) < 4.78 is 1.21. The van der Waals surface area contributed by atoms with E-state index in [0.717, 1.165) is 31.0 Å². The molecule has 0 spiro atoms. The predicted molar refractivity (Wildman–Crippen MR) is 67.1 cm³/mol. The summed E-state index contributed by atoms with van der Waals surface area (Å²) in [7, 11) is 0. The van der Waals surface area contributed by atoms with E-state index in [9.17, 15) is 0 Å². The normalized spacial score (nSPS) is 21.6. The Balaban J connectivity index is 2.01. The summed E-state index contributed by atoms with van der Waals surface area (Å²) in [6, 6.07) is 2.58. The first kappa shape index (κ1) is 9.99. The van der Waals surface area contributed by atoms with Crippen LogP contribution in [-0.4, -0.2) is 35.6 Å². The lowest BCUT2D eigenvalue weighted by molar-refractivity contribution is 0.483. The second kappa shape index (κ2) is 3.99. The highest BCUT2D eigenvalue weighted by Gasteiger charge is 2.19. The van der Waals surface area contributed by atoms with E-state index in [1.165, 1.54) is 4.70 Å². The van der Waals surface area contributed by atoms with Crippen molar-refractivity contribution in [2.24, 2.45) is 0 Å². The first-order valence-electron chi connectivity index (χ1n) is 5.51. The average molecular weight is 234 g/mol. The first-order valence-corrected chi connectivity index (χ1v) is 6.39. The molecule has 16 heavy (non-hydrogen) atoms. The lowest BCUT2D eigenvalue weighted by atomic mass is 10.2. The largest absolute Gasteiger partial charge is 0.353 e. The number of anilines is 1. The molecule has 0 bridgehead atoms. The molecule has 5 heteroatoms. The highest BCUT2D eigenvalue weighted by molar-refractivity contribution is 7.17. The van der Waals surface area contributed by atoms with Gasteiger partial charge in [-0.05, 0) is 18.4 Å². The van der Waals surface area contributed by atoms with Crippen molar-refractivity contribution in [1.29, 1.82) is 0 Å². The minimum Gasteiger partial charge on any atom is -0.353 e. The molecule has 0 aliphatic carbocycles. The lowest BCUT2D eigenvalue weighted by Crippen LogP contribution is -2.49. The second-order valence-electron chi connectivity index (χ2n) is 4.13. The van der Waals surface area contributed by atoms with E-state index < -0.39 is 0 Å². The fourth-order valence-electron chi connectivity index (χ4n) is 2.13. The zero-order chi connectivity index (χ0) is 11.0. The summed E-state index contributed by atoms with van der Waals surface area (Å²) in [4.78, 5) is 11.1. The smallest absolute Gasteiger partial charge is 0.150 e. The summed E-state index contributed by atoms with van der Waals surface area (Å²) in [5.41, 5.74) is 1.06. The topological polar surface area (TPSA) is 41.1 Å². The number of hydrogen-bond acceptors (Lipinski definition) is 5. The maximum absolute atomic E-state index is 4.43. The molecule has 1 fully saturated rings. The molecule has 4 nitrogen and oxygen atoms in total. The molecule has 0 saturated carbocycles. The van der Waals surface area contributed by atoms with Crippen molar-refractivity contribution in [2.45, 2.75) is 13.0 Å². The number of nitrogens with one attached hydrogen (secondary N) is 1. The van der Waals surface area contributed by atoms with Gasteiger partial charge in [0.15, 0.2) is 0 Å². The quantitative estimate of drug-likeness (QED) is 0.811. The van der Waals surface area contributed by atoms with Gasteiger partial charge in [-0.2, -0.15) is 0 Å². The number of aromatic nitrogens is 2. The Labute approximate surface area is 98.3 Å². The Morgan fingerprint density at radius 1 is 1.50 bits per heavy atom. The lowest BCUT2D eigenvalue weighted by Gasteiger charge is -2.32. The third-order valence-electron chi connectivity index (χ3n) is 2.89. The van der Waals surface area contributed by atoms with Crippen LogP contribution in [0.15, 0.2) is 17.8 Å². The number of hydrogen-bond donors (Lipinski definition) is 1. The fraction of sp³-hybridized carbons (Fsp3) is 0.455. The molecule has 3 rings (SSSR count). The van der Waals surface area contributed by atoms with E-state index in [2.05, 4.69) is 38.6 Å². The fourth-order valence-corrected chi connectivity index (χ4v) is 2.99. The minimum atomic E-state index is 0.527. The van der Waals surface area contributed by atoms with Crippen molar-refractivity contribution in [1.82, 2.24) is 15.3 Å². The van der Waals surface area contributed by atoms with Gasteiger partial charge in [-0.25, -0.2) is 9.97 Å². The summed E-state index contributed by atoms with van der Waals surface area (Å²) in [5, 5.41) is 5.52. The van der Waals surface area contributed by atoms with Gasteiger partial charge in [0.2, 0.25) is 0 Å². The Morgan fingerprint density at radius 3 is 3.31 bits per heavy atom. The molecule has 1 saturated heterocycles.